The molecule has 7 heteroatoms. The van der Waals surface area contributed by atoms with Crippen molar-refractivity contribution in [1.82, 2.24) is 9.97 Å². The van der Waals surface area contributed by atoms with E-state index in [9.17, 15) is 4.79 Å². The number of pyridine rings is 2. The summed E-state index contributed by atoms with van der Waals surface area (Å²) in [6, 6.07) is 12.7. The largest absolute Gasteiger partial charge is 0.482 e. The molecule has 2 amide bonds. The van der Waals surface area contributed by atoms with Crippen LogP contribution in [0.1, 0.15) is 19.4 Å². The topological polar surface area (TPSA) is 67.4 Å². The summed E-state index contributed by atoms with van der Waals surface area (Å²) in [5.74, 6) is 1.03. The molecule has 0 saturated carbocycles. The van der Waals surface area contributed by atoms with Crippen LogP contribution in [-0.2, 0) is 0 Å². The van der Waals surface area contributed by atoms with Gasteiger partial charge in [-0.1, -0.05) is 23.7 Å². The lowest BCUT2D eigenvalue weighted by molar-refractivity contribution is 0.106. The molecule has 1 aliphatic rings. The van der Waals surface area contributed by atoms with Crippen molar-refractivity contribution in [3.05, 3.63) is 65.4 Å². The Hall–Kier alpha value is -3.12. The molecule has 29 heavy (non-hydrogen) atoms. The lowest BCUT2D eigenvalue weighted by Gasteiger charge is -2.38. The van der Waals surface area contributed by atoms with Crippen LogP contribution in [0.5, 0.6) is 5.75 Å². The summed E-state index contributed by atoms with van der Waals surface area (Å²) in [6.45, 7) is 6.16. The van der Waals surface area contributed by atoms with Gasteiger partial charge in [0.2, 0.25) is 0 Å². The van der Waals surface area contributed by atoms with Crippen LogP contribution in [0.4, 0.5) is 16.3 Å². The molecular weight excluding hydrogens is 388 g/mol. The molecule has 1 N–H and O–H groups in total. The fraction of sp³-hybridized carbons (Fsp3) is 0.227. The Morgan fingerprint density at radius 3 is 2.79 bits per heavy atom. The summed E-state index contributed by atoms with van der Waals surface area (Å²) in [6.07, 6.45) is 3.36. The number of carbonyl (C=O) groups excluding carboxylic acids is 1. The van der Waals surface area contributed by atoms with Gasteiger partial charge in [-0.25, -0.2) is 9.78 Å². The second-order valence-electron chi connectivity index (χ2n) is 7.66. The summed E-state index contributed by atoms with van der Waals surface area (Å²) < 4.78 is 6.06. The van der Waals surface area contributed by atoms with Crippen molar-refractivity contribution >= 4 is 29.1 Å². The van der Waals surface area contributed by atoms with E-state index in [-0.39, 0.29) is 6.03 Å². The quantitative estimate of drug-likeness (QED) is 0.623. The Morgan fingerprint density at radius 1 is 1.21 bits per heavy atom. The molecule has 1 aliphatic heterocycles. The number of benzene rings is 1. The highest BCUT2D eigenvalue weighted by molar-refractivity contribution is 6.30. The molecule has 0 fully saturated rings. The molecule has 6 nitrogen and oxygen atoms in total. The van der Waals surface area contributed by atoms with Gasteiger partial charge in [-0.05, 0) is 56.7 Å². The van der Waals surface area contributed by atoms with Crippen LogP contribution in [0.3, 0.4) is 0 Å². The average molecular weight is 409 g/mol. The first-order chi connectivity index (χ1) is 13.8. The summed E-state index contributed by atoms with van der Waals surface area (Å²) in [5.41, 5.74) is 2.63. The highest BCUT2D eigenvalue weighted by Gasteiger charge is 2.36. The van der Waals surface area contributed by atoms with Crippen molar-refractivity contribution in [1.29, 1.82) is 0 Å². The third-order valence-corrected chi connectivity index (χ3v) is 4.75. The number of fused-ring (bicyclic) bond motifs is 1. The molecule has 0 unspecified atom stereocenters. The minimum Gasteiger partial charge on any atom is -0.482 e. The number of nitrogens with one attached hydrogen (secondary N) is 1. The second-order valence-corrected chi connectivity index (χ2v) is 8.09. The van der Waals surface area contributed by atoms with E-state index in [1.54, 1.807) is 17.3 Å². The average Bonchev–Trinajstić information content (AvgIpc) is 2.66. The van der Waals surface area contributed by atoms with E-state index in [1.807, 2.05) is 63.2 Å². The van der Waals surface area contributed by atoms with Gasteiger partial charge >= 0.3 is 6.03 Å². The van der Waals surface area contributed by atoms with Gasteiger partial charge in [0.25, 0.3) is 0 Å². The Kier molecular flexibility index (Phi) is 4.88. The van der Waals surface area contributed by atoms with E-state index in [4.69, 9.17) is 21.3 Å². The van der Waals surface area contributed by atoms with Crippen molar-refractivity contribution in [2.24, 2.45) is 0 Å². The van der Waals surface area contributed by atoms with Gasteiger partial charge < -0.3 is 10.1 Å². The van der Waals surface area contributed by atoms with Crippen LogP contribution in [-0.4, -0.2) is 28.1 Å². The van der Waals surface area contributed by atoms with Gasteiger partial charge in [0.1, 0.15) is 5.60 Å². The van der Waals surface area contributed by atoms with Crippen molar-refractivity contribution < 1.29 is 9.53 Å². The second kappa shape index (κ2) is 7.37. The zero-order valence-electron chi connectivity index (χ0n) is 16.4. The summed E-state index contributed by atoms with van der Waals surface area (Å²) in [5, 5.41) is 3.53. The van der Waals surface area contributed by atoms with E-state index < -0.39 is 5.60 Å². The molecule has 4 rings (SSSR count). The molecule has 2 aromatic heterocycles. The molecule has 0 radical (unpaired) electrons. The van der Waals surface area contributed by atoms with Crippen LogP contribution in [0.15, 0.2) is 54.9 Å². The predicted octanol–water partition coefficient (Wildman–Crippen LogP) is 5.31. The molecule has 148 valence electrons. The van der Waals surface area contributed by atoms with Gasteiger partial charge in [0, 0.05) is 16.8 Å². The lowest BCUT2D eigenvalue weighted by atomic mass is 10.1. The van der Waals surface area contributed by atoms with Crippen molar-refractivity contribution in [3.63, 3.8) is 0 Å². The van der Waals surface area contributed by atoms with Crippen LogP contribution >= 0.6 is 11.6 Å². The minimum atomic E-state index is -0.547. The van der Waals surface area contributed by atoms with Crippen LogP contribution in [0, 0.1) is 6.92 Å². The molecule has 0 bridgehead atoms. The number of aryl methyl sites for hydroxylation is 1. The van der Waals surface area contributed by atoms with E-state index in [0.717, 1.165) is 11.1 Å². The molecular formula is C22H21ClN4O2. The number of aromatic nitrogens is 2. The van der Waals surface area contributed by atoms with E-state index in [1.165, 1.54) is 0 Å². The lowest BCUT2D eigenvalue weighted by Crippen LogP contribution is -2.51. The van der Waals surface area contributed by atoms with Crippen molar-refractivity contribution in [2.45, 2.75) is 26.4 Å². The van der Waals surface area contributed by atoms with Crippen LogP contribution < -0.4 is 15.0 Å². The number of halogens is 1. The maximum atomic E-state index is 13.1. The number of ether oxygens (including phenoxy) is 1. The summed E-state index contributed by atoms with van der Waals surface area (Å²) in [4.78, 5) is 23.6. The normalized spacial score (nSPS) is 14.7. The van der Waals surface area contributed by atoms with Crippen molar-refractivity contribution in [3.8, 4) is 17.0 Å². The number of urea groups is 1. The maximum Gasteiger partial charge on any atom is 0.327 e. The number of carbonyl (C=O) groups is 1. The fourth-order valence-electron chi connectivity index (χ4n) is 3.29. The highest BCUT2D eigenvalue weighted by Crippen LogP contribution is 2.37. The van der Waals surface area contributed by atoms with Crippen molar-refractivity contribution in [2.75, 3.05) is 16.8 Å². The first-order valence-electron chi connectivity index (χ1n) is 9.27. The van der Waals surface area contributed by atoms with E-state index >= 15 is 0 Å². The molecule has 3 heterocycles. The number of anilines is 2. The first kappa shape index (κ1) is 19.2. The molecule has 0 aliphatic carbocycles. The minimum absolute atomic E-state index is 0.286. The standard InChI is InChI=1S/C22H21ClN4O2/c1-14-9-17(12-24-11-14)25-21(28)27-13-22(2,3)29-19-8-7-18(26-20(19)27)15-5-4-6-16(23)10-15/h4-12H,13H2,1-3H3,(H,25,28). The third kappa shape index (κ3) is 4.17. The zero-order valence-corrected chi connectivity index (χ0v) is 17.2. The van der Waals surface area contributed by atoms with Gasteiger partial charge in [0.05, 0.1) is 24.1 Å². The smallest absolute Gasteiger partial charge is 0.327 e. The van der Waals surface area contributed by atoms with Gasteiger partial charge in [-0.15, -0.1) is 0 Å². The number of rotatable bonds is 2. The maximum absolute atomic E-state index is 13.1. The summed E-state index contributed by atoms with van der Waals surface area (Å²) in [7, 11) is 0. The van der Waals surface area contributed by atoms with Gasteiger partial charge in [-0.2, -0.15) is 0 Å². The van der Waals surface area contributed by atoms with E-state index in [2.05, 4.69) is 10.3 Å². The Bertz CT molecular complexity index is 1080. The Balaban J connectivity index is 1.71. The zero-order chi connectivity index (χ0) is 20.6. The number of hydrogen-bond donors (Lipinski definition) is 1. The first-order valence-corrected chi connectivity index (χ1v) is 9.65. The molecule has 3 aromatic rings. The number of hydrogen-bond acceptors (Lipinski definition) is 4. The molecule has 0 atom stereocenters. The monoisotopic (exact) mass is 408 g/mol. The third-order valence-electron chi connectivity index (χ3n) is 4.51. The molecule has 1 aromatic carbocycles. The Labute approximate surface area is 174 Å². The van der Waals surface area contributed by atoms with Crippen LogP contribution in [0.25, 0.3) is 11.3 Å². The number of nitrogens with zero attached hydrogens (tertiary/aromatic N) is 3. The SMILES string of the molecule is Cc1cncc(NC(=O)N2CC(C)(C)Oc3ccc(-c4cccc(Cl)c4)nc32)c1. The van der Waals surface area contributed by atoms with Gasteiger partial charge in [0.15, 0.2) is 11.6 Å². The Morgan fingerprint density at radius 2 is 2.03 bits per heavy atom. The predicted molar refractivity (Wildman–Crippen MR) is 115 cm³/mol. The fourth-order valence-corrected chi connectivity index (χ4v) is 3.48. The highest BCUT2D eigenvalue weighted by atomic mass is 35.5. The molecule has 0 spiro atoms. The van der Waals surface area contributed by atoms with Gasteiger partial charge in [-0.3, -0.25) is 9.88 Å². The molecule has 0 saturated heterocycles. The summed E-state index contributed by atoms with van der Waals surface area (Å²) >= 11 is 6.12. The number of amides is 2. The van der Waals surface area contributed by atoms with Crippen LogP contribution in [0.2, 0.25) is 5.02 Å². The van der Waals surface area contributed by atoms with E-state index in [0.29, 0.717) is 34.5 Å².